The molecule has 1 aliphatic carbocycles. The first kappa shape index (κ1) is 31.2. The fraction of sp³-hybridized carbons (Fsp3) is 0.371. The van der Waals surface area contributed by atoms with Gasteiger partial charge in [-0.1, -0.05) is 48.0 Å². The Labute approximate surface area is 265 Å². The van der Waals surface area contributed by atoms with Crippen LogP contribution in [0.1, 0.15) is 49.3 Å². The molecule has 2 heterocycles. The molecule has 45 heavy (non-hydrogen) atoms. The van der Waals surface area contributed by atoms with Crippen LogP contribution in [0.5, 0.6) is 5.75 Å². The van der Waals surface area contributed by atoms with Crippen molar-refractivity contribution in [3.8, 4) is 5.75 Å². The second kappa shape index (κ2) is 13.3. The van der Waals surface area contributed by atoms with Crippen LogP contribution in [0.4, 0.5) is 13.2 Å². The Hall–Kier alpha value is -3.82. The SMILES string of the molecule is CC(=O)N1CC2CC(c3ccc(CCCOc4c(F)ccc(F)c4F)cc3)=C(C(=O)N(Cc3cccc(Cl)c3)C3CC3)C(C1)N2. The third-order valence-corrected chi connectivity index (χ3v) is 8.97. The molecule has 3 aliphatic rings. The first-order valence-corrected chi connectivity index (χ1v) is 15.7. The molecule has 0 radical (unpaired) electrons. The summed E-state index contributed by atoms with van der Waals surface area (Å²) in [6, 6.07) is 17.0. The highest BCUT2D eigenvalue weighted by atomic mass is 35.5. The van der Waals surface area contributed by atoms with Crippen LogP contribution in [-0.2, 0) is 22.6 Å². The highest BCUT2D eigenvalue weighted by Crippen LogP contribution is 2.37. The van der Waals surface area contributed by atoms with E-state index >= 15 is 0 Å². The molecule has 0 spiro atoms. The van der Waals surface area contributed by atoms with Crippen molar-refractivity contribution in [3.63, 3.8) is 0 Å². The summed E-state index contributed by atoms with van der Waals surface area (Å²) >= 11 is 6.26. The lowest BCUT2D eigenvalue weighted by Gasteiger charge is -2.44. The second-order valence-corrected chi connectivity index (χ2v) is 12.5. The summed E-state index contributed by atoms with van der Waals surface area (Å²) in [5.74, 6) is -4.16. The smallest absolute Gasteiger partial charge is 0.252 e. The Bertz CT molecular complexity index is 1630. The number of hydrogen-bond acceptors (Lipinski definition) is 4. The van der Waals surface area contributed by atoms with E-state index in [0.29, 0.717) is 49.5 Å². The molecule has 6 nitrogen and oxygen atoms in total. The van der Waals surface area contributed by atoms with Crippen molar-refractivity contribution in [2.24, 2.45) is 0 Å². The van der Waals surface area contributed by atoms with Crippen molar-refractivity contribution in [3.05, 3.63) is 105 Å². The van der Waals surface area contributed by atoms with Gasteiger partial charge in [-0.2, -0.15) is 4.39 Å². The van der Waals surface area contributed by atoms with Gasteiger partial charge in [-0.15, -0.1) is 0 Å². The first-order valence-electron chi connectivity index (χ1n) is 15.3. The van der Waals surface area contributed by atoms with Crippen LogP contribution >= 0.6 is 11.6 Å². The largest absolute Gasteiger partial charge is 0.488 e. The molecule has 2 aliphatic heterocycles. The Kier molecular flexibility index (Phi) is 9.19. The minimum Gasteiger partial charge on any atom is -0.488 e. The minimum absolute atomic E-state index is 0.00377. The molecule has 3 aromatic carbocycles. The van der Waals surface area contributed by atoms with E-state index in [2.05, 4.69) is 5.32 Å². The lowest BCUT2D eigenvalue weighted by Crippen LogP contribution is -2.61. The number of rotatable bonds is 10. The molecule has 10 heteroatoms. The molecule has 236 valence electrons. The minimum atomic E-state index is -1.33. The molecular weight excluding hydrogens is 603 g/mol. The van der Waals surface area contributed by atoms with Gasteiger partial charge in [0.25, 0.3) is 5.91 Å². The van der Waals surface area contributed by atoms with E-state index < -0.39 is 23.2 Å². The van der Waals surface area contributed by atoms with Gasteiger partial charge in [-0.05, 0) is 78.6 Å². The van der Waals surface area contributed by atoms with Crippen LogP contribution in [0, 0.1) is 17.5 Å². The van der Waals surface area contributed by atoms with Crippen molar-refractivity contribution in [2.45, 2.75) is 63.7 Å². The first-order chi connectivity index (χ1) is 21.7. The van der Waals surface area contributed by atoms with E-state index in [9.17, 15) is 22.8 Å². The van der Waals surface area contributed by atoms with Crippen molar-refractivity contribution in [1.82, 2.24) is 15.1 Å². The third-order valence-electron chi connectivity index (χ3n) is 8.73. The van der Waals surface area contributed by atoms with Gasteiger partial charge in [0, 0.05) is 49.2 Å². The average Bonchev–Trinajstić information content (AvgIpc) is 3.86. The number of halogens is 4. The number of fused-ring (bicyclic) bond motifs is 2. The van der Waals surface area contributed by atoms with Crippen LogP contribution < -0.4 is 10.1 Å². The van der Waals surface area contributed by atoms with Gasteiger partial charge in [-0.3, -0.25) is 9.59 Å². The van der Waals surface area contributed by atoms with Gasteiger partial charge in [0.1, 0.15) is 0 Å². The highest BCUT2D eigenvalue weighted by molar-refractivity contribution is 6.30. The number of amides is 2. The topological polar surface area (TPSA) is 61.9 Å². The number of ether oxygens (including phenoxy) is 1. The summed E-state index contributed by atoms with van der Waals surface area (Å²) in [7, 11) is 0. The summed E-state index contributed by atoms with van der Waals surface area (Å²) in [6.45, 7) is 3.05. The standard InChI is InChI=1S/C35H35ClF3N3O3/c1-21(43)41-19-26-17-28(24-9-7-22(8-10-24)5-3-15-45-34-30(38)14-13-29(37)33(34)39)32(31(20-41)40-26)35(44)42(27-11-12-27)18-23-4-2-6-25(36)16-23/h2,4,6-10,13-14,16,26-27,31,40H,3,5,11-12,15,17-20H2,1H3. The highest BCUT2D eigenvalue weighted by Gasteiger charge is 2.43. The van der Waals surface area contributed by atoms with E-state index in [1.54, 1.807) is 6.92 Å². The van der Waals surface area contributed by atoms with E-state index in [4.69, 9.17) is 16.3 Å². The maximum absolute atomic E-state index is 14.5. The predicted molar refractivity (Wildman–Crippen MR) is 166 cm³/mol. The molecule has 2 bridgehead atoms. The molecule has 2 atom stereocenters. The van der Waals surface area contributed by atoms with Gasteiger partial charge in [0.05, 0.1) is 12.6 Å². The molecule has 1 saturated carbocycles. The molecule has 2 amide bonds. The Morgan fingerprint density at radius 2 is 1.76 bits per heavy atom. The fourth-order valence-electron chi connectivity index (χ4n) is 6.33. The number of nitrogens with zero attached hydrogens (tertiary/aromatic N) is 2. The number of carbonyl (C=O) groups is 2. The number of nitrogens with one attached hydrogen (secondary N) is 1. The number of hydrogen-bond donors (Lipinski definition) is 1. The summed E-state index contributed by atoms with van der Waals surface area (Å²) in [4.78, 5) is 30.6. The van der Waals surface area contributed by atoms with Crippen LogP contribution in [-0.4, -0.2) is 59.4 Å². The second-order valence-electron chi connectivity index (χ2n) is 12.1. The van der Waals surface area contributed by atoms with Crippen molar-refractivity contribution >= 4 is 29.0 Å². The lowest BCUT2D eigenvalue weighted by molar-refractivity contribution is -0.132. The predicted octanol–water partition coefficient (Wildman–Crippen LogP) is 6.31. The molecule has 0 aromatic heterocycles. The maximum Gasteiger partial charge on any atom is 0.252 e. The molecule has 3 aromatic rings. The zero-order chi connectivity index (χ0) is 31.7. The molecule has 2 fully saturated rings. The van der Waals surface area contributed by atoms with E-state index in [0.717, 1.165) is 47.2 Å². The van der Waals surface area contributed by atoms with Crippen LogP contribution in [0.25, 0.3) is 5.57 Å². The lowest BCUT2D eigenvalue weighted by atomic mass is 9.82. The molecular formula is C35H35ClF3N3O3. The van der Waals surface area contributed by atoms with Crippen molar-refractivity contribution < 1.29 is 27.5 Å². The van der Waals surface area contributed by atoms with Crippen LogP contribution in [0.2, 0.25) is 5.02 Å². The Balaban J connectivity index is 1.22. The van der Waals surface area contributed by atoms with Crippen LogP contribution in [0.3, 0.4) is 0 Å². The van der Waals surface area contributed by atoms with E-state index in [-0.39, 0.29) is 36.5 Å². The van der Waals surface area contributed by atoms with Gasteiger partial charge in [-0.25, -0.2) is 8.78 Å². The van der Waals surface area contributed by atoms with Crippen molar-refractivity contribution in [1.29, 1.82) is 0 Å². The zero-order valence-electron chi connectivity index (χ0n) is 25.0. The average molecular weight is 638 g/mol. The monoisotopic (exact) mass is 637 g/mol. The van der Waals surface area contributed by atoms with E-state index in [1.165, 1.54) is 0 Å². The maximum atomic E-state index is 14.5. The number of piperazine rings is 1. The van der Waals surface area contributed by atoms with Gasteiger partial charge in [0.2, 0.25) is 11.7 Å². The number of benzene rings is 3. The molecule has 1 N–H and O–H groups in total. The van der Waals surface area contributed by atoms with E-state index in [1.807, 2.05) is 58.3 Å². The Morgan fingerprint density at radius 1 is 1.00 bits per heavy atom. The fourth-order valence-corrected chi connectivity index (χ4v) is 6.54. The van der Waals surface area contributed by atoms with Crippen LogP contribution in [0.15, 0.2) is 66.2 Å². The molecule has 6 rings (SSSR count). The zero-order valence-corrected chi connectivity index (χ0v) is 25.8. The molecule has 2 unspecified atom stereocenters. The number of aryl methyl sites for hydroxylation is 1. The van der Waals surface area contributed by atoms with Crippen molar-refractivity contribution in [2.75, 3.05) is 19.7 Å². The molecule has 1 saturated heterocycles. The summed E-state index contributed by atoms with van der Waals surface area (Å²) < 4.78 is 46.4. The summed E-state index contributed by atoms with van der Waals surface area (Å²) in [5, 5.41) is 4.24. The quantitative estimate of drug-likeness (QED) is 0.209. The van der Waals surface area contributed by atoms with Gasteiger partial charge < -0.3 is 19.9 Å². The van der Waals surface area contributed by atoms with Gasteiger partial charge >= 0.3 is 0 Å². The number of carbonyl (C=O) groups excluding carboxylic acids is 2. The normalized spacial score (nSPS) is 19.4. The third kappa shape index (κ3) is 7.05. The Morgan fingerprint density at radius 3 is 2.47 bits per heavy atom. The van der Waals surface area contributed by atoms with Gasteiger partial charge in [0.15, 0.2) is 17.4 Å². The summed E-state index contributed by atoms with van der Waals surface area (Å²) in [5.41, 5.74) is 4.60. The summed E-state index contributed by atoms with van der Waals surface area (Å²) in [6.07, 6.45) is 3.56.